The third-order valence-corrected chi connectivity index (χ3v) is 2.81. The summed E-state index contributed by atoms with van der Waals surface area (Å²) in [4.78, 5) is 0. The highest BCUT2D eigenvalue weighted by molar-refractivity contribution is 7.14. The summed E-state index contributed by atoms with van der Waals surface area (Å²) in [5.74, 6) is 0.637. The quantitative estimate of drug-likeness (QED) is 0.690. The van der Waals surface area contributed by atoms with Crippen LogP contribution in [0.4, 0.5) is 5.00 Å². The normalized spacial score (nSPS) is 16.3. The van der Waals surface area contributed by atoms with Gasteiger partial charge in [-0.2, -0.15) is 5.26 Å². The minimum absolute atomic E-state index is 0.637. The van der Waals surface area contributed by atoms with Crippen molar-refractivity contribution in [2.75, 3.05) is 5.73 Å². The molecule has 0 radical (unpaired) electrons. The second-order valence-corrected chi connectivity index (χ2v) is 3.73. The van der Waals surface area contributed by atoms with Gasteiger partial charge in [-0.3, -0.25) is 0 Å². The summed E-state index contributed by atoms with van der Waals surface area (Å²) >= 11 is 1.48. The van der Waals surface area contributed by atoms with Gasteiger partial charge in [0.25, 0.3) is 0 Å². The van der Waals surface area contributed by atoms with Gasteiger partial charge in [0, 0.05) is 0 Å². The molecule has 0 aromatic carbocycles. The highest BCUT2D eigenvalue weighted by Gasteiger charge is 2.27. The molecule has 0 atom stereocenters. The van der Waals surface area contributed by atoms with E-state index in [2.05, 4.69) is 6.07 Å². The van der Waals surface area contributed by atoms with Crippen LogP contribution in [0.1, 0.15) is 29.9 Å². The number of hydrogen-bond acceptors (Lipinski definition) is 3. The van der Waals surface area contributed by atoms with Crippen LogP contribution in [0.15, 0.2) is 5.38 Å². The molecule has 1 aliphatic rings. The van der Waals surface area contributed by atoms with E-state index in [1.165, 1.54) is 29.7 Å². The molecule has 0 amide bonds. The monoisotopic (exact) mass is 164 g/mol. The first-order chi connectivity index (χ1) is 5.33. The molecule has 1 aromatic rings. The molecule has 0 unspecified atom stereocenters. The second kappa shape index (κ2) is 2.24. The van der Waals surface area contributed by atoms with Crippen molar-refractivity contribution in [3.63, 3.8) is 0 Å². The van der Waals surface area contributed by atoms with Crippen molar-refractivity contribution < 1.29 is 0 Å². The maximum atomic E-state index is 8.74. The predicted molar refractivity (Wildman–Crippen MR) is 45.4 cm³/mol. The first-order valence-electron chi connectivity index (χ1n) is 3.60. The summed E-state index contributed by atoms with van der Waals surface area (Å²) in [7, 11) is 0. The standard InChI is InChI=1S/C8H8N2S/c9-3-6-7(5-1-2-5)4-11-8(6)10/h4-5H,1-2,10H2. The van der Waals surface area contributed by atoms with Gasteiger partial charge in [-0.05, 0) is 29.7 Å². The number of rotatable bonds is 1. The SMILES string of the molecule is N#Cc1c(C2CC2)csc1N. The zero-order valence-electron chi connectivity index (χ0n) is 6.00. The number of anilines is 1. The number of nitriles is 1. The molecular weight excluding hydrogens is 156 g/mol. The number of nitrogens with zero attached hydrogens (tertiary/aromatic N) is 1. The van der Waals surface area contributed by atoms with Crippen molar-refractivity contribution in [2.24, 2.45) is 0 Å². The zero-order valence-corrected chi connectivity index (χ0v) is 6.82. The fourth-order valence-electron chi connectivity index (χ4n) is 1.20. The Hall–Kier alpha value is -1.01. The van der Waals surface area contributed by atoms with E-state index in [9.17, 15) is 0 Å². The van der Waals surface area contributed by atoms with Crippen molar-refractivity contribution in [3.8, 4) is 6.07 Å². The summed E-state index contributed by atoms with van der Waals surface area (Å²) < 4.78 is 0. The Kier molecular flexibility index (Phi) is 1.36. The molecule has 0 bridgehead atoms. The largest absolute Gasteiger partial charge is 0.389 e. The van der Waals surface area contributed by atoms with E-state index in [1.807, 2.05) is 5.38 Å². The van der Waals surface area contributed by atoms with Gasteiger partial charge in [0.2, 0.25) is 0 Å². The zero-order chi connectivity index (χ0) is 7.84. The fraction of sp³-hybridized carbons (Fsp3) is 0.375. The van der Waals surface area contributed by atoms with Crippen LogP contribution in [0.25, 0.3) is 0 Å². The van der Waals surface area contributed by atoms with Crippen LogP contribution >= 0.6 is 11.3 Å². The lowest BCUT2D eigenvalue weighted by Crippen LogP contribution is -1.86. The Morgan fingerprint density at radius 3 is 2.91 bits per heavy atom. The lowest BCUT2D eigenvalue weighted by molar-refractivity contribution is 1.14. The van der Waals surface area contributed by atoms with Crippen molar-refractivity contribution in [3.05, 3.63) is 16.5 Å². The van der Waals surface area contributed by atoms with Crippen LogP contribution < -0.4 is 5.73 Å². The van der Waals surface area contributed by atoms with Gasteiger partial charge in [-0.15, -0.1) is 11.3 Å². The molecule has 56 valence electrons. The smallest absolute Gasteiger partial charge is 0.104 e. The first kappa shape index (κ1) is 6.68. The first-order valence-corrected chi connectivity index (χ1v) is 4.48. The molecule has 1 fully saturated rings. The Balaban J connectivity index is 2.47. The lowest BCUT2D eigenvalue weighted by Gasteiger charge is -1.91. The van der Waals surface area contributed by atoms with Gasteiger partial charge >= 0.3 is 0 Å². The molecule has 0 spiro atoms. The third kappa shape index (κ3) is 0.997. The van der Waals surface area contributed by atoms with Crippen molar-refractivity contribution in [2.45, 2.75) is 18.8 Å². The van der Waals surface area contributed by atoms with Crippen molar-refractivity contribution in [1.82, 2.24) is 0 Å². The number of nitrogens with two attached hydrogens (primary N) is 1. The molecule has 0 aliphatic heterocycles. The number of hydrogen-bond donors (Lipinski definition) is 1. The predicted octanol–water partition coefficient (Wildman–Crippen LogP) is 2.08. The van der Waals surface area contributed by atoms with Gasteiger partial charge in [0.1, 0.15) is 11.1 Å². The second-order valence-electron chi connectivity index (χ2n) is 2.82. The Bertz CT molecular complexity index is 317. The average Bonchev–Trinajstić information content (AvgIpc) is 2.76. The van der Waals surface area contributed by atoms with E-state index in [-0.39, 0.29) is 0 Å². The van der Waals surface area contributed by atoms with Gasteiger partial charge < -0.3 is 5.73 Å². The summed E-state index contributed by atoms with van der Waals surface area (Å²) in [6.07, 6.45) is 2.45. The van der Waals surface area contributed by atoms with Gasteiger partial charge in [-0.25, -0.2) is 0 Å². The minimum atomic E-state index is 0.637. The third-order valence-electron chi connectivity index (χ3n) is 1.98. The van der Waals surface area contributed by atoms with Gasteiger partial charge in [0.15, 0.2) is 0 Å². The van der Waals surface area contributed by atoms with Crippen LogP contribution in [0.3, 0.4) is 0 Å². The Morgan fingerprint density at radius 2 is 2.36 bits per heavy atom. The Labute approximate surface area is 69.3 Å². The summed E-state index contributed by atoms with van der Waals surface area (Å²) in [5, 5.41) is 11.4. The van der Waals surface area contributed by atoms with Crippen LogP contribution in [-0.4, -0.2) is 0 Å². The summed E-state index contributed by atoms with van der Waals surface area (Å²) in [5.41, 5.74) is 7.51. The van der Waals surface area contributed by atoms with E-state index in [0.29, 0.717) is 10.9 Å². The maximum Gasteiger partial charge on any atom is 0.104 e. The minimum Gasteiger partial charge on any atom is -0.389 e. The Morgan fingerprint density at radius 1 is 1.64 bits per heavy atom. The molecule has 11 heavy (non-hydrogen) atoms. The topological polar surface area (TPSA) is 49.8 Å². The van der Waals surface area contributed by atoms with E-state index in [1.54, 1.807) is 0 Å². The van der Waals surface area contributed by atoms with Gasteiger partial charge in [0.05, 0.1) is 5.56 Å². The molecular formula is C8H8N2S. The van der Waals surface area contributed by atoms with Crippen molar-refractivity contribution >= 4 is 16.3 Å². The molecule has 1 saturated carbocycles. The molecule has 1 heterocycles. The maximum absolute atomic E-state index is 8.74. The molecule has 1 aliphatic carbocycles. The highest BCUT2D eigenvalue weighted by atomic mass is 32.1. The van der Waals surface area contributed by atoms with Crippen LogP contribution in [0.2, 0.25) is 0 Å². The molecule has 2 nitrogen and oxygen atoms in total. The molecule has 1 aromatic heterocycles. The molecule has 2 rings (SSSR count). The van der Waals surface area contributed by atoms with Crippen molar-refractivity contribution in [1.29, 1.82) is 5.26 Å². The van der Waals surface area contributed by atoms with E-state index >= 15 is 0 Å². The average molecular weight is 164 g/mol. The summed E-state index contributed by atoms with van der Waals surface area (Å²) in [6.45, 7) is 0. The van der Waals surface area contributed by atoms with Crippen LogP contribution in [-0.2, 0) is 0 Å². The molecule has 3 heteroatoms. The van der Waals surface area contributed by atoms with E-state index < -0.39 is 0 Å². The molecule has 2 N–H and O–H groups in total. The number of nitrogen functional groups attached to an aromatic ring is 1. The van der Waals surface area contributed by atoms with Gasteiger partial charge in [-0.1, -0.05) is 0 Å². The lowest BCUT2D eigenvalue weighted by atomic mass is 10.1. The fourth-order valence-corrected chi connectivity index (χ4v) is 2.05. The van der Waals surface area contributed by atoms with E-state index in [0.717, 1.165) is 5.56 Å². The highest BCUT2D eigenvalue weighted by Crippen LogP contribution is 2.44. The summed E-state index contributed by atoms with van der Waals surface area (Å²) in [6, 6.07) is 2.15. The van der Waals surface area contributed by atoms with Crippen LogP contribution in [0, 0.1) is 11.3 Å². The molecule has 0 saturated heterocycles. The van der Waals surface area contributed by atoms with Crippen LogP contribution in [0.5, 0.6) is 0 Å². The van der Waals surface area contributed by atoms with E-state index in [4.69, 9.17) is 11.0 Å². The number of thiophene rings is 1.